The number of anilines is 1. The average molecular weight is 548 g/mol. The van der Waals surface area contributed by atoms with Crippen molar-refractivity contribution in [1.82, 2.24) is 10.2 Å². The summed E-state index contributed by atoms with van der Waals surface area (Å²) in [6, 6.07) is 24.9. The summed E-state index contributed by atoms with van der Waals surface area (Å²) in [5.74, 6) is -0.496. The maximum Gasteiger partial charge on any atom is 0.325 e. The molecule has 0 aromatic heterocycles. The third-order valence-electron chi connectivity index (χ3n) is 6.56. The van der Waals surface area contributed by atoms with E-state index in [0.29, 0.717) is 12.1 Å². The van der Waals surface area contributed by atoms with Gasteiger partial charge in [0.15, 0.2) is 6.29 Å². The molecule has 0 saturated carbocycles. The van der Waals surface area contributed by atoms with Gasteiger partial charge in [-0.15, -0.1) is 0 Å². The van der Waals surface area contributed by atoms with Crippen LogP contribution in [-0.4, -0.2) is 54.9 Å². The molecule has 1 heterocycles. The quantitative estimate of drug-likeness (QED) is 0.303. The van der Waals surface area contributed by atoms with Crippen LogP contribution >= 0.6 is 0 Å². The highest BCUT2D eigenvalue weighted by atomic mass is 16.7. The number of urea groups is 1. The molecule has 3 aromatic carbocycles. The molecule has 1 saturated heterocycles. The first kappa shape index (κ1) is 29.2. The molecule has 40 heavy (non-hydrogen) atoms. The Morgan fingerprint density at radius 1 is 0.950 bits per heavy atom. The summed E-state index contributed by atoms with van der Waals surface area (Å²) in [7, 11) is 2.08. The van der Waals surface area contributed by atoms with Gasteiger partial charge in [-0.2, -0.15) is 0 Å². The van der Waals surface area contributed by atoms with E-state index < -0.39 is 18.3 Å². The number of hydrogen-bond donors (Lipinski definition) is 3. The van der Waals surface area contributed by atoms with Gasteiger partial charge in [-0.25, -0.2) is 4.79 Å². The van der Waals surface area contributed by atoms with Gasteiger partial charge in [-0.05, 0) is 42.8 Å². The molecule has 9 nitrogen and oxygen atoms in total. The van der Waals surface area contributed by atoms with Crippen molar-refractivity contribution in [2.45, 2.75) is 45.0 Å². The summed E-state index contributed by atoms with van der Waals surface area (Å²) in [6.45, 7) is 3.28. The minimum atomic E-state index is -0.599. The Morgan fingerprint density at radius 3 is 2.33 bits per heavy atom. The smallest absolute Gasteiger partial charge is 0.325 e. The number of ether oxygens (including phenoxy) is 3. The highest BCUT2D eigenvalue weighted by Crippen LogP contribution is 2.38. The van der Waals surface area contributed by atoms with E-state index in [2.05, 4.69) is 34.7 Å². The number of esters is 1. The fraction of sp³-hybridized carbons (Fsp3) is 0.355. The number of nitrogens with zero attached hydrogens (tertiary/aromatic N) is 1. The molecule has 0 aliphatic carbocycles. The molecule has 0 bridgehead atoms. The Bertz CT molecular complexity index is 1220. The Balaban J connectivity index is 1.43. The number of rotatable bonds is 11. The molecule has 3 atom stereocenters. The number of carbonyl (C=O) groups excluding carboxylic acids is 2. The normalized spacial score (nSPS) is 18.8. The van der Waals surface area contributed by atoms with Crippen LogP contribution in [0.25, 0.3) is 0 Å². The molecular weight excluding hydrogens is 510 g/mol. The van der Waals surface area contributed by atoms with E-state index in [1.54, 1.807) is 19.1 Å². The highest BCUT2D eigenvalue weighted by Gasteiger charge is 2.32. The van der Waals surface area contributed by atoms with Crippen molar-refractivity contribution in [2.24, 2.45) is 0 Å². The zero-order chi connectivity index (χ0) is 28.3. The predicted molar refractivity (Wildman–Crippen MR) is 151 cm³/mol. The predicted octanol–water partition coefficient (Wildman–Crippen LogP) is 4.54. The summed E-state index contributed by atoms with van der Waals surface area (Å²) in [5, 5.41) is 14.6. The van der Waals surface area contributed by atoms with Crippen molar-refractivity contribution in [3.05, 3.63) is 101 Å². The van der Waals surface area contributed by atoms with Gasteiger partial charge in [0.05, 0.1) is 25.4 Å². The summed E-state index contributed by atoms with van der Waals surface area (Å²) in [6.07, 6.45) is -0.179. The highest BCUT2D eigenvalue weighted by molar-refractivity contribution is 5.91. The zero-order valence-corrected chi connectivity index (χ0v) is 22.9. The largest absolute Gasteiger partial charge is 0.465 e. The number of hydrogen-bond acceptors (Lipinski definition) is 7. The second-order valence-electron chi connectivity index (χ2n) is 9.77. The van der Waals surface area contributed by atoms with Crippen LogP contribution in [0.5, 0.6) is 0 Å². The summed E-state index contributed by atoms with van der Waals surface area (Å²) < 4.78 is 17.7. The van der Waals surface area contributed by atoms with E-state index in [4.69, 9.17) is 14.2 Å². The average Bonchev–Trinajstić information content (AvgIpc) is 2.97. The van der Waals surface area contributed by atoms with Crippen LogP contribution in [0.4, 0.5) is 10.5 Å². The molecule has 4 rings (SSSR count). The van der Waals surface area contributed by atoms with Gasteiger partial charge in [0.1, 0.15) is 6.54 Å². The number of aliphatic hydroxyl groups is 1. The van der Waals surface area contributed by atoms with Crippen LogP contribution in [0, 0.1) is 0 Å². The number of amides is 2. The van der Waals surface area contributed by atoms with Crippen LogP contribution in [-0.2, 0) is 32.2 Å². The van der Waals surface area contributed by atoms with Crippen LogP contribution in [0.3, 0.4) is 0 Å². The van der Waals surface area contributed by atoms with Crippen LogP contribution in [0.2, 0.25) is 0 Å². The van der Waals surface area contributed by atoms with Crippen molar-refractivity contribution in [1.29, 1.82) is 0 Å². The lowest BCUT2D eigenvalue weighted by Crippen LogP contribution is -2.37. The van der Waals surface area contributed by atoms with E-state index in [0.717, 1.165) is 29.8 Å². The van der Waals surface area contributed by atoms with Crippen LogP contribution in [0.1, 0.15) is 48.0 Å². The number of aliphatic hydroxyl groups excluding tert-OH is 1. The van der Waals surface area contributed by atoms with Gasteiger partial charge in [-0.1, -0.05) is 66.7 Å². The molecule has 3 N–H and O–H groups in total. The Kier molecular flexibility index (Phi) is 10.7. The number of benzene rings is 3. The standard InChI is InChI=1S/C31H37N3O6/c1-3-38-29(36)18-32-31(37)33-26-15-13-25(14-16-26)30-39-27(20-34(2)19-22-7-5-4-6-8-22)17-28(40-30)24-11-9-23(21-35)10-12-24/h4-16,27-28,30,35H,3,17-21H2,1-2H3,(H2,32,33,37)/t27-,28+,30+/m0/s1. The number of nitrogens with one attached hydrogen (secondary N) is 2. The van der Waals surface area contributed by atoms with Gasteiger partial charge >= 0.3 is 12.0 Å². The molecule has 2 amide bonds. The van der Waals surface area contributed by atoms with Crippen molar-refractivity contribution in [2.75, 3.05) is 32.1 Å². The topological polar surface area (TPSA) is 109 Å². The third kappa shape index (κ3) is 8.62. The maximum atomic E-state index is 12.1. The van der Waals surface area contributed by atoms with E-state index in [1.165, 1.54) is 5.56 Å². The lowest BCUT2D eigenvalue weighted by Gasteiger charge is -2.38. The lowest BCUT2D eigenvalue weighted by atomic mass is 9.99. The van der Waals surface area contributed by atoms with Crippen molar-refractivity contribution in [3.63, 3.8) is 0 Å². The SMILES string of the molecule is CCOC(=O)CNC(=O)Nc1ccc([C@@H]2O[C@H](CN(C)Cc3ccccc3)C[C@H](c3ccc(CO)cc3)O2)cc1. The lowest BCUT2D eigenvalue weighted by molar-refractivity contribution is -0.252. The molecule has 212 valence electrons. The van der Waals surface area contributed by atoms with Crippen molar-refractivity contribution in [3.8, 4) is 0 Å². The van der Waals surface area contributed by atoms with Crippen LogP contribution in [0.15, 0.2) is 78.9 Å². The molecule has 0 radical (unpaired) electrons. The summed E-state index contributed by atoms with van der Waals surface area (Å²) >= 11 is 0. The molecule has 0 spiro atoms. The fourth-order valence-corrected chi connectivity index (χ4v) is 4.60. The third-order valence-corrected chi connectivity index (χ3v) is 6.56. The van der Waals surface area contributed by atoms with Gasteiger partial charge in [0, 0.05) is 30.8 Å². The molecule has 1 fully saturated rings. The zero-order valence-electron chi connectivity index (χ0n) is 22.9. The number of carbonyl (C=O) groups is 2. The molecule has 3 aromatic rings. The maximum absolute atomic E-state index is 12.1. The van der Waals surface area contributed by atoms with E-state index in [1.807, 2.05) is 54.6 Å². The Morgan fingerprint density at radius 2 is 1.65 bits per heavy atom. The van der Waals surface area contributed by atoms with Gasteiger partial charge in [0.2, 0.25) is 0 Å². The Labute approximate surface area is 235 Å². The Hall–Kier alpha value is -3.76. The first-order valence-electron chi connectivity index (χ1n) is 13.5. The fourth-order valence-electron chi connectivity index (χ4n) is 4.60. The minimum absolute atomic E-state index is 0.00826. The second kappa shape index (κ2) is 14.6. The summed E-state index contributed by atoms with van der Waals surface area (Å²) in [4.78, 5) is 25.8. The molecule has 9 heteroatoms. The first-order chi connectivity index (χ1) is 19.4. The van der Waals surface area contributed by atoms with Crippen LogP contribution < -0.4 is 10.6 Å². The second-order valence-corrected chi connectivity index (χ2v) is 9.77. The van der Waals surface area contributed by atoms with Gasteiger partial charge in [0.25, 0.3) is 0 Å². The molecule has 0 unspecified atom stereocenters. The summed E-state index contributed by atoms with van der Waals surface area (Å²) in [5.41, 5.74) is 4.50. The first-order valence-corrected chi connectivity index (χ1v) is 13.5. The van der Waals surface area contributed by atoms with Crippen molar-refractivity contribution >= 4 is 17.7 Å². The molecular formula is C31H37N3O6. The van der Waals surface area contributed by atoms with E-state index in [-0.39, 0.29) is 32.0 Å². The van der Waals surface area contributed by atoms with E-state index >= 15 is 0 Å². The van der Waals surface area contributed by atoms with Crippen molar-refractivity contribution < 1.29 is 28.9 Å². The molecule has 1 aliphatic heterocycles. The van der Waals surface area contributed by atoms with Gasteiger partial charge < -0.3 is 30.0 Å². The van der Waals surface area contributed by atoms with Gasteiger partial charge in [-0.3, -0.25) is 9.69 Å². The monoisotopic (exact) mass is 547 g/mol. The minimum Gasteiger partial charge on any atom is -0.465 e. The molecule has 1 aliphatic rings. The van der Waals surface area contributed by atoms with E-state index in [9.17, 15) is 14.7 Å². The number of likely N-dealkylation sites (N-methyl/N-ethyl adjacent to an activating group) is 1.